The van der Waals surface area contributed by atoms with Crippen molar-refractivity contribution in [1.82, 2.24) is 0 Å². The summed E-state index contributed by atoms with van der Waals surface area (Å²) in [5, 5.41) is 5.94. The summed E-state index contributed by atoms with van der Waals surface area (Å²) in [6, 6.07) is 45.1. The predicted molar refractivity (Wildman–Crippen MR) is 160 cm³/mol. The van der Waals surface area contributed by atoms with E-state index in [1.54, 1.807) is 0 Å². The van der Waals surface area contributed by atoms with Crippen molar-refractivity contribution in [2.24, 2.45) is 5.41 Å². The lowest BCUT2D eigenvalue weighted by molar-refractivity contribution is 0.286. The van der Waals surface area contributed by atoms with Crippen molar-refractivity contribution in [3.63, 3.8) is 0 Å². The molecule has 0 aromatic heterocycles. The first-order chi connectivity index (χ1) is 17.1. The highest BCUT2D eigenvalue weighted by atomic mass is 31.1. The molecule has 0 aliphatic carbocycles. The fourth-order valence-corrected chi connectivity index (χ4v) is 11.8. The van der Waals surface area contributed by atoms with Crippen LogP contribution in [0.15, 0.2) is 121 Å². The van der Waals surface area contributed by atoms with E-state index in [1.165, 1.54) is 34.1 Å². The van der Waals surface area contributed by atoms with Gasteiger partial charge in [0.05, 0.1) is 0 Å². The third-order valence-corrected chi connectivity index (χ3v) is 13.8. The summed E-state index contributed by atoms with van der Waals surface area (Å²) < 4.78 is 0. The van der Waals surface area contributed by atoms with Gasteiger partial charge < -0.3 is 0 Å². The summed E-state index contributed by atoms with van der Waals surface area (Å²) in [7, 11) is -0.993. The Balaban J connectivity index is 1.83. The van der Waals surface area contributed by atoms with Crippen LogP contribution >= 0.6 is 15.8 Å². The zero-order chi connectivity index (χ0) is 24.7. The SMILES string of the molecule is CCCC(C)(C(C)P(c1ccccc1)c1ccccc1)C(C)P(c1ccccc1)c1ccccc1. The Bertz CT molecular complexity index is 975. The van der Waals surface area contributed by atoms with Crippen molar-refractivity contribution in [3.05, 3.63) is 121 Å². The van der Waals surface area contributed by atoms with E-state index >= 15 is 0 Å². The Kier molecular flexibility index (Phi) is 8.94. The highest BCUT2D eigenvalue weighted by molar-refractivity contribution is 7.74. The van der Waals surface area contributed by atoms with Crippen molar-refractivity contribution in [1.29, 1.82) is 0 Å². The van der Waals surface area contributed by atoms with Crippen LogP contribution in [0.5, 0.6) is 0 Å². The molecule has 0 saturated carbocycles. The fraction of sp³-hybridized carbons (Fsp3) is 0.273. The Labute approximate surface area is 215 Å². The summed E-state index contributed by atoms with van der Waals surface area (Å²) >= 11 is 0. The van der Waals surface area contributed by atoms with E-state index in [9.17, 15) is 0 Å². The highest BCUT2D eigenvalue weighted by Gasteiger charge is 2.44. The topological polar surface area (TPSA) is 0 Å². The first-order valence-electron chi connectivity index (χ1n) is 12.8. The van der Waals surface area contributed by atoms with Gasteiger partial charge in [-0.15, -0.1) is 0 Å². The van der Waals surface area contributed by atoms with E-state index in [1.807, 2.05) is 0 Å². The molecule has 180 valence electrons. The standard InChI is InChI=1S/C33H38P2/c1-5-26-33(4,27(2)34(29-18-10-6-11-19-29)30-20-12-7-13-21-30)28(3)35(31-22-14-8-15-23-31)32-24-16-9-17-25-32/h6-25,27-28H,5,26H2,1-4H3. The molecule has 0 aliphatic rings. The summed E-state index contributed by atoms with van der Waals surface area (Å²) in [6.45, 7) is 10.0. The molecule has 2 unspecified atom stereocenters. The van der Waals surface area contributed by atoms with Crippen molar-refractivity contribution >= 4 is 37.1 Å². The van der Waals surface area contributed by atoms with E-state index < -0.39 is 15.8 Å². The highest BCUT2D eigenvalue weighted by Crippen LogP contribution is 2.58. The van der Waals surface area contributed by atoms with E-state index in [0.717, 1.165) is 0 Å². The monoisotopic (exact) mass is 496 g/mol. The van der Waals surface area contributed by atoms with Gasteiger partial charge in [-0.3, -0.25) is 0 Å². The minimum absolute atomic E-state index is 0.184. The van der Waals surface area contributed by atoms with Crippen molar-refractivity contribution in [2.45, 2.75) is 51.9 Å². The minimum Gasteiger partial charge on any atom is -0.0654 e. The van der Waals surface area contributed by atoms with Crippen LogP contribution in [0, 0.1) is 5.41 Å². The van der Waals surface area contributed by atoms with Crippen LogP contribution in [0.3, 0.4) is 0 Å². The normalized spacial score (nSPS) is 15.0. The second-order valence-electron chi connectivity index (χ2n) is 9.69. The molecule has 35 heavy (non-hydrogen) atoms. The second kappa shape index (κ2) is 12.1. The molecule has 0 heterocycles. The van der Waals surface area contributed by atoms with Gasteiger partial charge in [0.1, 0.15) is 0 Å². The lowest BCUT2D eigenvalue weighted by atomic mass is 9.79. The predicted octanol–water partition coefficient (Wildman–Crippen LogP) is 7.84. The first-order valence-corrected chi connectivity index (χ1v) is 15.7. The first kappa shape index (κ1) is 25.8. The average molecular weight is 497 g/mol. The Morgan fingerprint density at radius 1 is 0.514 bits per heavy atom. The maximum Gasteiger partial charge on any atom is -0.00971 e. The van der Waals surface area contributed by atoms with Crippen LogP contribution in [0.2, 0.25) is 0 Å². The zero-order valence-corrected chi connectivity index (χ0v) is 23.3. The lowest BCUT2D eigenvalue weighted by Crippen LogP contribution is -2.43. The molecule has 2 atom stereocenters. The lowest BCUT2D eigenvalue weighted by Gasteiger charge is -2.48. The molecule has 0 bridgehead atoms. The van der Waals surface area contributed by atoms with Gasteiger partial charge in [-0.05, 0) is 60.2 Å². The molecule has 0 fully saturated rings. The third-order valence-electron chi connectivity index (χ3n) is 7.61. The number of hydrogen-bond donors (Lipinski definition) is 0. The number of hydrogen-bond acceptors (Lipinski definition) is 0. The molecule has 4 aromatic carbocycles. The third kappa shape index (κ3) is 5.77. The minimum atomic E-state index is -0.496. The largest absolute Gasteiger partial charge is 0.0654 e. The van der Waals surface area contributed by atoms with Gasteiger partial charge >= 0.3 is 0 Å². The van der Waals surface area contributed by atoms with Gasteiger partial charge in [0.25, 0.3) is 0 Å². The molecule has 0 spiro atoms. The Hall–Kier alpha value is -2.26. The molecule has 0 nitrogen and oxygen atoms in total. The summed E-state index contributed by atoms with van der Waals surface area (Å²) in [5.74, 6) is 0. The summed E-state index contributed by atoms with van der Waals surface area (Å²) in [4.78, 5) is 0. The van der Waals surface area contributed by atoms with Crippen LogP contribution in [-0.4, -0.2) is 11.3 Å². The molecule has 0 amide bonds. The van der Waals surface area contributed by atoms with Crippen LogP contribution in [-0.2, 0) is 0 Å². The average Bonchev–Trinajstić information content (AvgIpc) is 2.91. The smallest absolute Gasteiger partial charge is 0.00971 e. The quantitative estimate of drug-likeness (QED) is 0.196. The number of rotatable bonds is 10. The molecule has 4 rings (SSSR count). The van der Waals surface area contributed by atoms with Gasteiger partial charge in [0.15, 0.2) is 0 Å². The van der Waals surface area contributed by atoms with Crippen molar-refractivity contribution in [2.75, 3.05) is 0 Å². The van der Waals surface area contributed by atoms with E-state index in [2.05, 4.69) is 149 Å². The van der Waals surface area contributed by atoms with Gasteiger partial charge in [0.2, 0.25) is 0 Å². The maximum absolute atomic E-state index is 2.59. The maximum atomic E-state index is 2.59. The summed E-state index contributed by atoms with van der Waals surface area (Å²) in [5.41, 5.74) is 1.26. The van der Waals surface area contributed by atoms with Gasteiger partial charge in [-0.1, -0.05) is 155 Å². The molecule has 0 N–H and O–H groups in total. The molecule has 0 saturated heterocycles. The Morgan fingerprint density at radius 2 is 0.771 bits per heavy atom. The second-order valence-corrected chi connectivity index (χ2v) is 14.8. The van der Waals surface area contributed by atoms with E-state index in [-0.39, 0.29) is 5.41 Å². The van der Waals surface area contributed by atoms with Crippen LogP contribution in [0.25, 0.3) is 0 Å². The summed E-state index contributed by atoms with van der Waals surface area (Å²) in [6.07, 6.45) is 2.43. The Morgan fingerprint density at radius 3 is 1.00 bits per heavy atom. The van der Waals surface area contributed by atoms with Gasteiger partial charge in [-0.2, -0.15) is 0 Å². The molecule has 2 heteroatoms. The molecular weight excluding hydrogens is 458 g/mol. The van der Waals surface area contributed by atoms with Gasteiger partial charge in [-0.25, -0.2) is 0 Å². The molecule has 4 aromatic rings. The zero-order valence-electron chi connectivity index (χ0n) is 21.5. The fourth-order valence-electron chi connectivity index (χ4n) is 5.44. The van der Waals surface area contributed by atoms with Gasteiger partial charge in [0, 0.05) is 0 Å². The van der Waals surface area contributed by atoms with E-state index in [0.29, 0.717) is 11.3 Å². The van der Waals surface area contributed by atoms with E-state index in [4.69, 9.17) is 0 Å². The molecule has 0 aliphatic heterocycles. The molecule has 0 radical (unpaired) electrons. The van der Waals surface area contributed by atoms with Crippen molar-refractivity contribution in [3.8, 4) is 0 Å². The van der Waals surface area contributed by atoms with Crippen LogP contribution < -0.4 is 21.2 Å². The van der Waals surface area contributed by atoms with Crippen molar-refractivity contribution < 1.29 is 0 Å². The van der Waals surface area contributed by atoms with Crippen LogP contribution in [0.1, 0.15) is 40.5 Å². The number of benzene rings is 4. The molecular formula is C33H38P2. The van der Waals surface area contributed by atoms with Crippen LogP contribution in [0.4, 0.5) is 0 Å².